The van der Waals surface area contributed by atoms with Gasteiger partial charge in [0.05, 0.1) is 16.6 Å². The summed E-state index contributed by atoms with van der Waals surface area (Å²) in [5.74, 6) is 1.08. The maximum atomic E-state index is 12.9. The number of pyridine rings is 1. The Morgan fingerprint density at radius 2 is 1.93 bits per heavy atom. The van der Waals surface area contributed by atoms with Crippen LogP contribution in [0.15, 0.2) is 73.2 Å². The Labute approximate surface area is 173 Å². The number of hydrogen-bond acceptors (Lipinski definition) is 3. The van der Waals surface area contributed by atoms with Crippen LogP contribution >= 0.6 is 11.6 Å². The number of imidazole rings is 1. The van der Waals surface area contributed by atoms with E-state index >= 15 is 0 Å². The molecule has 1 aliphatic rings. The fourth-order valence-corrected chi connectivity index (χ4v) is 4.16. The summed E-state index contributed by atoms with van der Waals surface area (Å²) in [6.07, 6.45) is 4.35. The van der Waals surface area contributed by atoms with Crippen LogP contribution in [0.1, 0.15) is 28.3 Å². The predicted octanol–water partition coefficient (Wildman–Crippen LogP) is 4.70. The van der Waals surface area contributed by atoms with Crippen LogP contribution in [0.4, 0.5) is 0 Å². The van der Waals surface area contributed by atoms with Gasteiger partial charge in [0, 0.05) is 30.2 Å². The normalized spacial score (nSPS) is 16.4. The molecule has 5 nitrogen and oxygen atoms in total. The molecule has 1 atom stereocenters. The summed E-state index contributed by atoms with van der Waals surface area (Å²) in [6, 6.07) is 19.5. The van der Waals surface area contributed by atoms with E-state index in [2.05, 4.69) is 16.0 Å². The van der Waals surface area contributed by atoms with E-state index in [4.69, 9.17) is 11.6 Å². The molecular weight excluding hydrogens is 384 g/mol. The average Bonchev–Trinajstić information content (AvgIpc) is 3.41. The average molecular weight is 403 g/mol. The SMILES string of the molecule is O=C(c1ccc(-n2cnc3ccccc32)nc1)N1CCC(c2cccc(Cl)c2)C1. The molecule has 29 heavy (non-hydrogen) atoms. The number of halogens is 1. The number of amides is 1. The van der Waals surface area contributed by atoms with Gasteiger partial charge in [0.25, 0.3) is 5.91 Å². The Morgan fingerprint density at radius 1 is 1.03 bits per heavy atom. The van der Waals surface area contributed by atoms with E-state index in [1.54, 1.807) is 12.5 Å². The molecule has 0 spiro atoms. The van der Waals surface area contributed by atoms with Crippen LogP contribution in [0.3, 0.4) is 0 Å². The molecule has 2 aromatic carbocycles. The van der Waals surface area contributed by atoms with Gasteiger partial charge in [0.2, 0.25) is 0 Å². The van der Waals surface area contributed by atoms with Gasteiger partial charge in [0.15, 0.2) is 0 Å². The van der Waals surface area contributed by atoms with Crippen LogP contribution in [-0.2, 0) is 0 Å². The molecule has 1 amide bonds. The Morgan fingerprint density at radius 3 is 2.76 bits per heavy atom. The summed E-state index contributed by atoms with van der Waals surface area (Å²) in [5, 5.41) is 0.735. The summed E-state index contributed by atoms with van der Waals surface area (Å²) in [7, 11) is 0. The molecule has 1 saturated heterocycles. The van der Waals surface area contributed by atoms with Crippen LogP contribution in [0.5, 0.6) is 0 Å². The number of nitrogens with zero attached hydrogens (tertiary/aromatic N) is 4. The quantitative estimate of drug-likeness (QED) is 0.499. The van der Waals surface area contributed by atoms with Crippen molar-refractivity contribution < 1.29 is 4.79 Å². The fourth-order valence-electron chi connectivity index (χ4n) is 3.96. The number of para-hydroxylation sites is 2. The minimum Gasteiger partial charge on any atom is -0.338 e. The van der Waals surface area contributed by atoms with Crippen LogP contribution in [-0.4, -0.2) is 38.4 Å². The van der Waals surface area contributed by atoms with Crippen molar-refractivity contribution in [3.05, 3.63) is 89.3 Å². The van der Waals surface area contributed by atoms with Gasteiger partial charge in [-0.1, -0.05) is 35.9 Å². The first-order valence-electron chi connectivity index (χ1n) is 9.62. The molecule has 6 heteroatoms. The number of carbonyl (C=O) groups is 1. The maximum Gasteiger partial charge on any atom is 0.255 e. The monoisotopic (exact) mass is 402 g/mol. The molecule has 0 radical (unpaired) electrons. The molecule has 0 saturated carbocycles. The third-order valence-electron chi connectivity index (χ3n) is 5.49. The highest BCUT2D eigenvalue weighted by atomic mass is 35.5. The third kappa shape index (κ3) is 3.38. The smallest absolute Gasteiger partial charge is 0.255 e. The molecule has 1 unspecified atom stereocenters. The van der Waals surface area contributed by atoms with Gasteiger partial charge in [-0.2, -0.15) is 0 Å². The van der Waals surface area contributed by atoms with E-state index in [-0.39, 0.29) is 5.91 Å². The molecule has 2 aromatic heterocycles. The topological polar surface area (TPSA) is 51.0 Å². The van der Waals surface area contributed by atoms with E-state index in [9.17, 15) is 4.79 Å². The number of carbonyl (C=O) groups excluding carboxylic acids is 1. The highest BCUT2D eigenvalue weighted by Crippen LogP contribution is 2.29. The van der Waals surface area contributed by atoms with Crippen molar-refractivity contribution in [1.29, 1.82) is 0 Å². The zero-order chi connectivity index (χ0) is 19.8. The Balaban J connectivity index is 1.33. The predicted molar refractivity (Wildman–Crippen MR) is 114 cm³/mol. The lowest BCUT2D eigenvalue weighted by Gasteiger charge is -2.17. The minimum absolute atomic E-state index is 0.0177. The number of likely N-dealkylation sites (tertiary alicyclic amines) is 1. The summed E-state index contributed by atoms with van der Waals surface area (Å²) in [4.78, 5) is 23.7. The van der Waals surface area contributed by atoms with Crippen LogP contribution < -0.4 is 0 Å². The summed E-state index contributed by atoms with van der Waals surface area (Å²) in [6.45, 7) is 1.44. The maximum absolute atomic E-state index is 12.9. The van der Waals surface area contributed by atoms with Crippen LogP contribution in [0.2, 0.25) is 5.02 Å². The van der Waals surface area contributed by atoms with Gasteiger partial charge in [0.1, 0.15) is 12.1 Å². The number of benzene rings is 2. The minimum atomic E-state index is 0.0177. The van der Waals surface area contributed by atoms with E-state index < -0.39 is 0 Å². The van der Waals surface area contributed by atoms with Crippen molar-refractivity contribution in [2.24, 2.45) is 0 Å². The number of hydrogen-bond donors (Lipinski definition) is 0. The zero-order valence-electron chi connectivity index (χ0n) is 15.7. The second-order valence-corrected chi connectivity index (χ2v) is 7.74. The standard InChI is InChI=1S/C23H19ClN4O/c24-19-5-3-4-16(12-19)18-10-11-27(14-18)23(29)17-8-9-22(25-13-17)28-15-26-20-6-1-2-7-21(20)28/h1-9,12-13,15,18H,10-11,14H2. The summed E-state index contributed by atoms with van der Waals surface area (Å²) < 4.78 is 1.93. The van der Waals surface area contributed by atoms with Crippen LogP contribution in [0, 0.1) is 0 Å². The first-order chi connectivity index (χ1) is 14.2. The van der Waals surface area contributed by atoms with E-state index in [0.29, 0.717) is 18.0 Å². The van der Waals surface area contributed by atoms with Gasteiger partial charge < -0.3 is 4.90 Å². The van der Waals surface area contributed by atoms with Crippen molar-refractivity contribution in [3.63, 3.8) is 0 Å². The highest BCUT2D eigenvalue weighted by molar-refractivity contribution is 6.30. The molecule has 3 heterocycles. The first kappa shape index (κ1) is 17.9. The second kappa shape index (κ2) is 7.33. The Bertz CT molecular complexity index is 1180. The summed E-state index contributed by atoms with van der Waals surface area (Å²) >= 11 is 6.12. The van der Waals surface area contributed by atoms with Gasteiger partial charge in [-0.15, -0.1) is 0 Å². The summed E-state index contributed by atoms with van der Waals surface area (Å²) in [5.41, 5.74) is 3.69. The molecule has 1 fully saturated rings. The first-order valence-corrected chi connectivity index (χ1v) is 10.00. The van der Waals surface area contributed by atoms with E-state index in [1.807, 2.05) is 64.1 Å². The van der Waals surface area contributed by atoms with Crippen molar-refractivity contribution in [1.82, 2.24) is 19.4 Å². The third-order valence-corrected chi connectivity index (χ3v) is 5.73. The van der Waals surface area contributed by atoms with Crippen molar-refractivity contribution >= 4 is 28.5 Å². The molecule has 0 N–H and O–H groups in total. The lowest BCUT2D eigenvalue weighted by molar-refractivity contribution is 0.0790. The molecule has 1 aliphatic heterocycles. The second-order valence-electron chi connectivity index (χ2n) is 7.30. The van der Waals surface area contributed by atoms with E-state index in [0.717, 1.165) is 34.8 Å². The lowest BCUT2D eigenvalue weighted by atomic mass is 9.99. The van der Waals surface area contributed by atoms with Gasteiger partial charge in [-0.25, -0.2) is 9.97 Å². The largest absolute Gasteiger partial charge is 0.338 e. The van der Waals surface area contributed by atoms with Gasteiger partial charge in [-0.3, -0.25) is 9.36 Å². The fraction of sp³-hybridized carbons (Fsp3) is 0.174. The lowest BCUT2D eigenvalue weighted by Crippen LogP contribution is -2.28. The highest BCUT2D eigenvalue weighted by Gasteiger charge is 2.28. The number of rotatable bonds is 3. The number of aromatic nitrogens is 3. The Hall–Kier alpha value is -3.18. The van der Waals surface area contributed by atoms with Gasteiger partial charge in [-0.05, 0) is 48.4 Å². The van der Waals surface area contributed by atoms with Crippen molar-refractivity contribution in [2.75, 3.05) is 13.1 Å². The zero-order valence-corrected chi connectivity index (χ0v) is 16.5. The molecule has 0 aliphatic carbocycles. The van der Waals surface area contributed by atoms with Gasteiger partial charge >= 0.3 is 0 Å². The molecular formula is C23H19ClN4O. The molecule has 5 rings (SSSR count). The van der Waals surface area contributed by atoms with Crippen LogP contribution in [0.25, 0.3) is 16.9 Å². The van der Waals surface area contributed by atoms with Crippen molar-refractivity contribution in [3.8, 4) is 5.82 Å². The molecule has 4 aromatic rings. The molecule has 144 valence electrons. The Kier molecular flexibility index (Phi) is 4.52. The van der Waals surface area contributed by atoms with Crippen molar-refractivity contribution in [2.45, 2.75) is 12.3 Å². The number of fused-ring (bicyclic) bond motifs is 1. The molecule has 0 bridgehead atoms. The van der Waals surface area contributed by atoms with E-state index in [1.165, 1.54) is 5.56 Å².